The second kappa shape index (κ2) is 5.34. The molecule has 0 amide bonds. The third-order valence-electron chi connectivity index (χ3n) is 2.75. The van der Waals surface area contributed by atoms with Crippen molar-refractivity contribution in [1.82, 2.24) is 9.55 Å². The van der Waals surface area contributed by atoms with E-state index in [1.807, 2.05) is 36.0 Å². The van der Waals surface area contributed by atoms with Gasteiger partial charge in [0, 0.05) is 31.3 Å². The van der Waals surface area contributed by atoms with Gasteiger partial charge in [0.15, 0.2) is 0 Å². The van der Waals surface area contributed by atoms with Gasteiger partial charge in [0.1, 0.15) is 0 Å². The molecule has 3 nitrogen and oxygen atoms in total. The maximum atomic E-state index is 9.71. The number of aliphatic hydroxyl groups is 1. The SMILES string of the molecule is CCC(O)c1ccn(Cc2ccncc2Cl)c1. The fourth-order valence-corrected chi connectivity index (χ4v) is 1.90. The Morgan fingerprint density at radius 2 is 2.29 bits per heavy atom. The Morgan fingerprint density at radius 3 is 3.00 bits per heavy atom. The Morgan fingerprint density at radius 1 is 1.47 bits per heavy atom. The van der Waals surface area contributed by atoms with E-state index in [1.165, 1.54) is 0 Å². The molecule has 2 heterocycles. The molecule has 1 unspecified atom stereocenters. The summed E-state index contributed by atoms with van der Waals surface area (Å²) in [6, 6.07) is 3.83. The van der Waals surface area contributed by atoms with Crippen molar-refractivity contribution in [1.29, 1.82) is 0 Å². The van der Waals surface area contributed by atoms with Gasteiger partial charge in [0.2, 0.25) is 0 Å². The highest BCUT2D eigenvalue weighted by Gasteiger charge is 2.07. The lowest BCUT2D eigenvalue weighted by Crippen LogP contribution is -1.98. The van der Waals surface area contributed by atoms with Crippen LogP contribution in [0.15, 0.2) is 36.9 Å². The van der Waals surface area contributed by atoms with E-state index < -0.39 is 0 Å². The summed E-state index contributed by atoms with van der Waals surface area (Å²) in [5, 5.41) is 10.4. The second-order valence-electron chi connectivity index (χ2n) is 4.01. The highest BCUT2D eigenvalue weighted by Crippen LogP contribution is 2.19. The molecule has 0 aromatic carbocycles. The molecule has 90 valence electrons. The largest absolute Gasteiger partial charge is 0.388 e. The van der Waals surface area contributed by atoms with Crippen LogP contribution in [-0.2, 0) is 6.54 Å². The number of aliphatic hydroxyl groups excluding tert-OH is 1. The molecule has 2 rings (SSSR count). The van der Waals surface area contributed by atoms with E-state index in [1.54, 1.807) is 12.4 Å². The Balaban J connectivity index is 2.14. The highest BCUT2D eigenvalue weighted by molar-refractivity contribution is 6.31. The fourth-order valence-electron chi connectivity index (χ4n) is 1.72. The molecule has 1 N–H and O–H groups in total. The van der Waals surface area contributed by atoms with Crippen molar-refractivity contribution in [3.05, 3.63) is 53.1 Å². The van der Waals surface area contributed by atoms with Gasteiger partial charge in [0.25, 0.3) is 0 Å². The molecule has 17 heavy (non-hydrogen) atoms. The summed E-state index contributed by atoms with van der Waals surface area (Å²) in [5.41, 5.74) is 1.97. The van der Waals surface area contributed by atoms with Gasteiger partial charge in [-0.1, -0.05) is 18.5 Å². The van der Waals surface area contributed by atoms with Crippen LogP contribution in [0.3, 0.4) is 0 Å². The van der Waals surface area contributed by atoms with Gasteiger partial charge in [-0.2, -0.15) is 0 Å². The monoisotopic (exact) mass is 250 g/mol. The maximum Gasteiger partial charge on any atom is 0.0802 e. The minimum Gasteiger partial charge on any atom is -0.388 e. The lowest BCUT2D eigenvalue weighted by atomic mass is 10.1. The number of rotatable bonds is 4. The van der Waals surface area contributed by atoms with Gasteiger partial charge < -0.3 is 9.67 Å². The maximum absolute atomic E-state index is 9.71. The molecule has 0 saturated carbocycles. The summed E-state index contributed by atoms with van der Waals surface area (Å²) >= 11 is 6.05. The molecule has 0 saturated heterocycles. The number of aromatic nitrogens is 2. The van der Waals surface area contributed by atoms with Gasteiger partial charge in [-0.15, -0.1) is 0 Å². The molecule has 2 aromatic rings. The fraction of sp³-hybridized carbons (Fsp3) is 0.308. The summed E-state index contributed by atoms with van der Waals surface area (Å²) in [6.45, 7) is 2.65. The van der Waals surface area contributed by atoms with Gasteiger partial charge in [-0.3, -0.25) is 4.98 Å². The van der Waals surface area contributed by atoms with Gasteiger partial charge in [-0.25, -0.2) is 0 Å². The molecule has 0 radical (unpaired) electrons. The average Bonchev–Trinajstić information content (AvgIpc) is 2.80. The van der Waals surface area contributed by atoms with E-state index in [2.05, 4.69) is 4.98 Å². The number of hydrogen-bond donors (Lipinski definition) is 1. The quantitative estimate of drug-likeness (QED) is 0.906. The molecule has 0 aliphatic heterocycles. The zero-order valence-electron chi connectivity index (χ0n) is 9.68. The van der Waals surface area contributed by atoms with Crippen molar-refractivity contribution in [3.8, 4) is 0 Å². The minimum absolute atomic E-state index is 0.385. The van der Waals surface area contributed by atoms with Crippen molar-refractivity contribution in [2.24, 2.45) is 0 Å². The predicted molar refractivity (Wildman–Crippen MR) is 68.0 cm³/mol. The first-order valence-electron chi connectivity index (χ1n) is 5.63. The van der Waals surface area contributed by atoms with E-state index in [0.29, 0.717) is 11.6 Å². The Hall–Kier alpha value is -1.32. The van der Waals surface area contributed by atoms with Gasteiger partial charge in [-0.05, 0) is 29.7 Å². The van der Waals surface area contributed by atoms with Crippen LogP contribution >= 0.6 is 11.6 Å². The predicted octanol–water partition coefficient (Wildman–Crippen LogP) is 3.03. The lowest BCUT2D eigenvalue weighted by Gasteiger charge is -2.06. The van der Waals surface area contributed by atoms with E-state index in [-0.39, 0.29) is 6.10 Å². The van der Waals surface area contributed by atoms with Crippen LogP contribution in [-0.4, -0.2) is 14.7 Å². The molecule has 1 atom stereocenters. The van der Waals surface area contributed by atoms with Crippen molar-refractivity contribution in [3.63, 3.8) is 0 Å². The molecule has 0 aliphatic rings. The first-order chi connectivity index (χ1) is 8.20. The Labute approximate surface area is 106 Å². The van der Waals surface area contributed by atoms with Crippen LogP contribution in [0, 0.1) is 0 Å². The Kier molecular flexibility index (Phi) is 3.82. The first-order valence-corrected chi connectivity index (χ1v) is 6.00. The lowest BCUT2D eigenvalue weighted by molar-refractivity contribution is 0.173. The smallest absolute Gasteiger partial charge is 0.0802 e. The topological polar surface area (TPSA) is 38.0 Å². The van der Waals surface area contributed by atoms with Crippen LogP contribution in [0.4, 0.5) is 0 Å². The summed E-state index contributed by atoms with van der Waals surface area (Å²) in [4.78, 5) is 3.95. The molecule has 0 fully saturated rings. The zero-order chi connectivity index (χ0) is 12.3. The Bertz CT molecular complexity index is 496. The van der Waals surface area contributed by atoms with E-state index >= 15 is 0 Å². The van der Waals surface area contributed by atoms with E-state index in [4.69, 9.17) is 11.6 Å². The van der Waals surface area contributed by atoms with Crippen molar-refractivity contribution < 1.29 is 5.11 Å². The van der Waals surface area contributed by atoms with Crippen molar-refractivity contribution in [2.75, 3.05) is 0 Å². The summed E-state index contributed by atoms with van der Waals surface area (Å²) in [7, 11) is 0. The number of pyridine rings is 1. The van der Waals surface area contributed by atoms with Gasteiger partial charge >= 0.3 is 0 Å². The first kappa shape index (κ1) is 12.1. The number of hydrogen-bond acceptors (Lipinski definition) is 2. The molecule has 2 aromatic heterocycles. The molecular weight excluding hydrogens is 236 g/mol. The van der Waals surface area contributed by atoms with Crippen molar-refractivity contribution in [2.45, 2.75) is 26.0 Å². The standard InChI is InChI=1S/C13H15ClN2O/c1-2-13(17)11-4-6-16(9-11)8-10-3-5-15-7-12(10)14/h3-7,9,13,17H,2,8H2,1H3. The summed E-state index contributed by atoms with van der Waals surface area (Å²) in [6.07, 6.45) is 7.61. The zero-order valence-corrected chi connectivity index (χ0v) is 10.4. The van der Waals surface area contributed by atoms with E-state index in [9.17, 15) is 5.11 Å². The molecule has 4 heteroatoms. The highest BCUT2D eigenvalue weighted by atomic mass is 35.5. The van der Waals surface area contributed by atoms with Crippen LogP contribution in [0.25, 0.3) is 0 Å². The van der Waals surface area contributed by atoms with Crippen LogP contribution in [0.1, 0.15) is 30.6 Å². The van der Waals surface area contributed by atoms with E-state index in [0.717, 1.165) is 17.5 Å². The minimum atomic E-state index is -0.385. The molecule has 0 aliphatic carbocycles. The summed E-state index contributed by atoms with van der Waals surface area (Å²) in [5.74, 6) is 0. The third kappa shape index (κ3) is 2.87. The number of nitrogens with zero attached hydrogens (tertiary/aromatic N) is 2. The third-order valence-corrected chi connectivity index (χ3v) is 3.09. The second-order valence-corrected chi connectivity index (χ2v) is 4.42. The normalized spacial score (nSPS) is 12.6. The average molecular weight is 251 g/mol. The van der Waals surface area contributed by atoms with Gasteiger partial charge in [0.05, 0.1) is 11.1 Å². The number of halogens is 1. The van der Waals surface area contributed by atoms with Crippen LogP contribution in [0.5, 0.6) is 0 Å². The molecule has 0 spiro atoms. The van der Waals surface area contributed by atoms with Crippen LogP contribution in [0.2, 0.25) is 5.02 Å². The molecule has 0 bridgehead atoms. The van der Waals surface area contributed by atoms with Crippen molar-refractivity contribution >= 4 is 11.6 Å². The summed E-state index contributed by atoms with van der Waals surface area (Å²) < 4.78 is 2.01. The van der Waals surface area contributed by atoms with Crippen LogP contribution < -0.4 is 0 Å². The molecular formula is C13H15ClN2O.